The minimum atomic E-state index is -4.68. The van der Waals surface area contributed by atoms with E-state index in [1.165, 1.54) is 7.05 Å². The van der Waals surface area contributed by atoms with E-state index in [9.17, 15) is 22.8 Å². The number of aromatic nitrogens is 2. The summed E-state index contributed by atoms with van der Waals surface area (Å²) in [6.45, 7) is 4.95. The van der Waals surface area contributed by atoms with E-state index >= 15 is 0 Å². The molecule has 1 N–H and O–H groups in total. The van der Waals surface area contributed by atoms with E-state index in [0.717, 1.165) is 23.7 Å². The number of likely N-dealkylation sites (tertiary alicyclic amines) is 1. The standard InChI is InChI=1S/C17H25F3N4O2/c1-4-11(5-2)16(26)24-8-6-12(7-9-24)21-15(25)13-10-23(3)22-14(13)17(18,19)20/h10-12H,4-9H2,1-3H3,(H,21,25). The van der Waals surface area contributed by atoms with Crippen molar-refractivity contribution in [3.8, 4) is 0 Å². The molecule has 0 bridgehead atoms. The molecule has 9 heteroatoms. The predicted molar refractivity (Wildman–Crippen MR) is 89.4 cm³/mol. The molecule has 0 aromatic carbocycles. The van der Waals surface area contributed by atoms with E-state index in [1.54, 1.807) is 4.90 Å². The average Bonchev–Trinajstić information content (AvgIpc) is 2.99. The van der Waals surface area contributed by atoms with Crippen molar-refractivity contribution in [2.45, 2.75) is 51.7 Å². The van der Waals surface area contributed by atoms with Gasteiger partial charge in [-0.1, -0.05) is 13.8 Å². The Bertz CT molecular complexity index is 645. The van der Waals surface area contributed by atoms with E-state index in [-0.39, 0.29) is 17.9 Å². The fourth-order valence-corrected chi connectivity index (χ4v) is 3.27. The van der Waals surface area contributed by atoms with Crippen LogP contribution in [0.2, 0.25) is 0 Å². The second kappa shape index (κ2) is 8.09. The van der Waals surface area contributed by atoms with Crippen LogP contribution in [0.25, 0.3) is 0 Å². The largest absolute Gasteiger partial charge is 0.435 e. The first-order chi connectivity index (χ1) is 12.2. The molecule has 0 atom stereocenters. The Balaban J connectivity index is 1.96. The van der Waals surface area contributed by atoms with Crippen LogP contribution in [0.1, 0.15) is 55.6 Å². The summed E-state index contributed by atoms with van der Waals surface area (Å²) in [7, 11) is 1.34. The lowest BCUT2D eigenvalue weighted by Gasteiger charge is -2.34. The third-order valence-electron chi connectivity index (χ3n) is 4.82. The number of rotatable bonds is 5. The number of amides is 2. The van der Waals surface area contributed by atoms with Crippen LogP contribution in [0.3, 0.4) is 0 Å². The highest BCUT2D eigenvalue weighted by atomic mass is 19.4. The second-order valence-electron chi connectivity index (χ2n) is 6.65. The molecule has 0 aliphatic carbocycles. The Morgan fingerprint density at radius 3 is 2.35 bits per heavy atom. The third kappa shape index (κ3) is 4.56. The lowest BCUT2D eigenvalue weighted by atomic mass is 9.98. The van der Waals surface area contributed by atoms with Crippen LogP contribution >= 0.6 is 0 Å². The summed E-state index contributed by atoms with van der Waals surface area (Å²) in [4.78, 5) is 26.4. The number of piperidine rings is 1. The van der Waals surface area contributed by atoms with Crippen LogP contribution < -0.4 is 5.32 Å². The molecule has 1 aromatic heterocycles. The highest BCUT2D eigenvalue weighted by Crippen LogP contribution is 2.30. The van der Waals surface area contributed by atoms with E-state index in [4.69, 9.17) is 0 Å². The molecule has 1 fully saturated rings. The molecule has 1 aliphatic rings. The molecule has 6 nitrogen and oxygen atoms in total. The summed E-state index contributed by atoms with van der Waals surface area (Å²) in [6.07, 6.45) is -0.984. The van der Waals surface area contributed by atoms with Gasteiger partial charge < -0.3 is 10.2 Å². The van der Waals surface area contributed by atoms with Crippen molar-refractivity contribution in [3.63, 3.8) is 0 Å². The van der Waals surface area contributed by atoms with E-state index in [1.807, 2.05) is 13.8 Å². The van der Waals surface area contributed by atoms with Crippen molar-refractivity contribution in [3.05, 3.63) is 17.5 Å². The molecule has 2 amide bonds. The number of carbonyl (C=O) groups is 2. The number of nitrogens with one attached hydrogen (secondary N) is 1. The topological polar surface area (TPSA) is 67.2 Å². The van der Waals surface area contributed by atoms with Crippen molar-refractivity contribution in [2.24, 2.45) is 13.0 Å². The smallest absolute Gasteiger partial charge is 0.349 e. The fourth-order valence-electron chi connectivity index (χ4n) is 3.27. The molecule has 26 heavy (non-hydrogen) atoms. The molecule has 1 aromatic rings. The Morgan fingerprint density at radius 1 is 1.27 bits per heavy atom. The predicted octanol–water partition coefficient (Wildman–Crippen LogP) is 2.60. The summed E-state index contributed by atoms with van der Waals surface area (Å²) >= 11 is 0. The molecule has 0 unspecified atom stereocenters. The van der Waals surface area contributed by atoms with Crippen LogP contribution in [-0.4, -0.2) is 45.6 Å². The van der Waals surface area contributed by atoms with E-state index < -0.39 is 23.3 Å². The molecule has 1 saturated heterocycles. The number of alkyl halides is 3. The van der Waals surface area contributed by atoms with Crippen molar-refractivity contribution in [1.82, 2.24) is 20.0 Å². The molecule has 2 rings (SSSR count). The van der Waals surface area contributed by atoms with Gasteiger partial charge in [-0.25, -0.2) is 0 Å². The summed E-state index contributed by atoms with van der Waals surface area (Å²) < 4.78 is 39.9. The first-order valence-electron chi connectivity index (χ1n) is 8.87. The quantitative estimate of drug-likeness (QED) is 0.862. The molecule has 146 valence electrons. The molecular weight excluding hydrogens is 349 g/mol. The molecule has 0 radical (unpaired) electrons. The second-order valence-corrected chi connectivity index (χ2v) is 6.65. The number of carbonyl (C=O) groups excluding carboxylic acids is 2. The van der Waals surface area contributed by atoms with Crippen LogP contribution in [0, 0.1) is 5.92 Å². The normalized spacial score (nSPS) is 16.2. The molecule has 1 aliphatic heterocycles. The summed E-state index contributed by atoms with van der Waals surface area (Å²) in [5.74, 6) is -0.660. The Labute approximate surface area is 150 Å². The minimum Gasteiger partial charge on any atom is -0.349 e. The average molecular weight is 374 g/mol. The lowest BCUT2D eigenvalue weighted by molar-refractivity contribution is -0.142. The monoisotopic (exact) mass is 374 g/mol. The molecular formula is C17H25F3N4O2. The van der Waals surface area contributed by atoms with Gasteiger partial charge in [0.2, 0.25) is 5.91 Å². The van der Waals surface area contributed by atoms with Gasteiger partial charge in [-0.3, -0.25) is 14.3 Å². The minimum absolute atomic E-state index is 0.00544. The van der Waals surface area contributed by atoms with Crippen molar-refractivity contribution >= 4 is 11.8 Å². The number of hydrogen-bond acceptors (Lipinski definition) is 3. The Hall–Kier alpha value is -2.06. The number of halogens is 3. The number of hydrogen-bond donors (Lipinski definition) is 1. The van der Waals surface area contributed by atoms with Crippen molar-refractivity contribution in [2.75, 3.05) is 13.1 Å². The third-order valence-corrected chi connectivity index (χ3v) is 4.82. The van der Waals surface area contributed by atoms with Crippen LogP contribution in [0.4, 0.5) is 13.2 Å². The fraction of sp³-hybridized carbons (Fsp3) is 0.706. The van der Waals surface area contributed by atoms with Crippen LogP contribution in [-0.2, 0) is 18.0 Å². The van der Waals surface area contributed by atoms with E-state index in [2.05, 4.69) is 10.4 Å². The van der Waals surface area contributed by atoms with Gasteiger partial charge in [0.15, 0.2) is 5.69 Å². The highest BCUT2D eigenvalue weighted by molar-refractivity contribution is 5.95. The summed E-state index contributed by atoms with van der Waals surface area (Å²) in [5, 5.41) is 5.99. The molecule has 2 heterocycles. The lowest BCUT2D eigenvalue weighted by Crippen LogP contribution is -2.48. The molecule has 0 saturated carbocycles. The first kappa shape index (κ1) is 20.3. The number of aryl methyl sites for hydroxylation is 1. The maximum absolute atomic E-state index is 13.0. The maximum atomic E-state index is 13.0. The van der Waals surface area contributed by atoms with Gasteiger partial charge in [0.05, 0.1) is 5.56 Å². The van der Waals surface area contributed by atoms with Gasteiger partial charge in [0.1, 0.15) is 0 Å². The number of nitrogens with zero attached hydrogens (tertiary/aromatic N) is 3. The zero-order chi connectivity index (χ0) is 19.5. The summed E-state index contributed by atoms with van der Waals surface area (Å²) in [5.41, 5.74) is -1.66. The van der Waals surface area contributed by atoms with Crippen molar-refractivity contribution < 1.29 is 22.8 Å². The Morgan fingerprint density at radius 2 is 1.85 bits per heavy atom. The van der Waals surface area contributed by atoms with Gasteiger partial charge in [0.25, 0.3) is 5.91 Å². The van der Waals surface area contributed by atoms with Crippen LogP contribution in [0.15, 0.2) is 6.20 Å². The van der Waals surface area contributed by atoms with Gasteiger partial charge in [-0.15, -0.1) is 0 Å². The Kier molecular flexibility index (Phi) is 6.30. The zero-order valence-corrected chi connectivity index (χ0v) is 15.3. The zero-order valence-electron chi connectivity index (χ0n) is 15.3. The van der Waals surface area contributed by atoms with Gasteiger partial charge in [-0.2, -0.15) is 18.3 Å². The van der Waals surface area contributed by atoms with Crippen molar-refractivity contribution in [1.29, 1.82) is 0 Å². The van der Waals surface area contributed by atoms with E-state index in [0.29, 0.717) is 25.9 Å². The SMILES string of the molecule is CCC(CC)C(=O)N1CCC(NC(=O)c2cn(C)nc2C(F)(F)F)CC1. The summed E-state index contributed by atoms with van der Waals surface area (Å²) in [6, 6.07) is -0.255. The van der Waals surface area contributed by atoms with Gasteiger partial charge >= 0.3 is 6.18 Å². The first-order valence-corrected chi connectivity index (χ1v) is 8.87. The van der Waals surface area contributed by atoms with Crippen LogP contribution in [0.5, 0.6) is 0 Å². The maximum Gasteiger partial charge on any atom is 0.435 e. The van der Waals surface area contributed by atoms with Gasteiger partial charge in [0, 0.05) is 38.3 Å². The molecule has 0 spiro atoms. The highest BCUT2D eigenvalue weighted by Gasteiger charge is 2.39. The van der Waals surface area contributed by atoms with Gasteiger partial charge in [-0.05, 0) is 25.7 Å².